The molecule has 0 saturated heterocycles. The highest BCUT2D eigenvalue weighted by Gasteiger charge is 2.32. The number of hydrogen-bond donors (Lipinski definition) is 6. The SMILES string of the molecule is CC(C)(C)OC(=O)[C@@H](CCNC(=O)CCCNC(=O)c1cccc(C(=O)NCCCC(=O)NCC[C@@H](NS(=O)(=O)c2ccc(-c3ccccc3)cc2)C(=O)OC(C)(C)C)c1)NS(=O)(=O)c1ccc(-c2ccccc2)cc1. The highest BCUT2D eigenvalue weighted by Crippen LogP contribution is 2.24. The Morgan fingerprint density at radius 3 is 1.12 bits per heavy atom. The second-order valence-electron chi connectivity index (χ2n) is 19.8. The molecule has 0 heterocycles. The van der Waals surface area contributed by atoms with E-state index in [1.165, 1.54) is 42.5 Å². The molecule has 0 unspecified atom stereocenters. The number of amides is 4. The first-order chi connectivity index (χ1) is 35.9. The zero-order chi connectivity index (χ0) is 55.5. The molecule has 5 rings (SSSR count). The van der Waals surface area contributed by atoms with Gasteiger partial charge in [-0.05, 0) is 132 Å². The van der Waals surface area contributed by atoms with Crippen molar-refractivity contribution in [2.24, 2.45) is 0 Å². The Morgan fingerprint density at radius 1 is 0.434 bits per heavy atom. The number of hydrogen-bond acceptors (Lipinski definition) is 12. The standard InChI is InChI=1S/C56H68N6O12S2/c1-55(2,3)73-53(67)47(61-75(69,70)45-28-24-41(25-29-45)39-16-9-7-10-17-39)32-36-57-49(63)22-14-34-59-51(65)43-20-13-21-44(38-43)52(66)60-35-15-23-50(64)58-37-33-48(54(68)74-56(4,5)6)62-76(71,72)46-30-26-42(27-31-46)40-18-11-8-12-19-40/h7-13,16-21,24-31,38,47-48,61-62H,14-15,22-23,32-37H2,1-6H3,(H,57,63)(H,58,64)(H,59,65)(H,60,66)/t47-,48-/m1/s1. The van der Waals surface area contributed by atoms with Crippen LogP contribution in [0.25, 0.3) is 22.3 Å². The second-order valence-corrected chi connectivity index (χ2v) is 23.2. The van der Waals surface area contributed by atoms with Gasteiger partial charge < -0.3 is 30.7 Å². The van der Waals surface area contributed by atoms with Crippen molar-refractivity contribution in [2.75, 3.05) is 26.2 Å². The molecule has 0 radical (unpaired) electrons. The molecular weight excluding hydrogens is 1010 g/mol. The van der Waals surface area contributed by atoms with Crippen LogP contribution in [0.3, 0.4) is 0 Å². The lowest BCUT2D eigenvalue weighted by molar-refractivity contribution is -0.158. The zero-order valence-electron chi connectivity index (χ0n) is 43.6. The van der Waals surface area contributed by atoms with Gasteiger partial charge in [0.1, 0.15) is 23.3 Å². The third-order valence-corrected chi connectivity index (χ3v) is 14.1. The summed E-state index contributed by atoms with van der Waals surface area (Å²) in [7, 11) is -8.33. The van der Waals surface area contributed by atoms with E-state index in [0.29, 0.717) is 0 Å². The number of carbonyl (C=O) groups excluding carboxylic acids is 6. The summed E-state index contributed by atoms with van der Waals surface area (Å²) in [6.07, 6.45) is 0.329. The normalized spacial score (nSPS) is 12.6. The predicted octanol–water partition coefficient (Wildman–Crippen LogP) is 6.43. The Morgan fingerprint density at radius 2 is 0.776 bits per heavy atom. The number of benzene rings is 5. The van der Waals surface area contributed by atoms with Crippen molar-refractivity contribution in [1.29, 1.82) is 0 Å². The lowest BCUT2D eigenvalue weighted by Crippen LogP contribution is -2.45. The van der Waals surface area contributed by atoms with Gasteiger partial charge in [-0.2, -0.15) is 9.44 Å². The Hall–Kier alpha value is -7.26. The highest BCUT2D eigenvalue weighted by molar-refractivity contribution is 7.89. The number of ether oxygens (including phenoxy) is 2. The topological polar surface area (TPSA) is 261 Å². The van der Waals surface area contributed by atoms with Crippen LogP contribution in [0.1, 0.15) is 101 Å². The van der Waals surface area contributed by atoms with Gasteiger partial charge in [-0.3, -0.25) is 28.8 Å². The van der Waals surface area contributed by atoms with E-state index in [9.17, 15) is 45.6 Å². The van der Waals surface area contributed by atoms with Gasteiger partial charge in [0.15, 0.2) is 0 Å². The molecule has 18 nitrogen and oxygen atoms in total. The number of esters is 2. The predicted molar refractivity (Wildman–Crippen MR) is 288 cm³/mol. The number of rotatable bonds is 26. The van der Waals surface area contributed by atoms with Gasteiger partial charge in [0.05, 0.1) is 9.79 Å². The van der Waals surface area contributed by atoms with Crippen molar-refractivity contribution in [1.82, 2.24) is 30.7 Å². The molecule has 6 N–H and O–H groups in total. The van der Waals surface area contributed by atoms with Crippen molar-refractivity contribution < 1.29 is 55.1 Å². The van der Waals surface area contributed by atoms with Gasteiger partial charge in [0.25, 0.3) is 11.8 Å². The molecule has 0 aromatic heterocycles. The van der Waals surface area contributed by atoms with E-state index in [2.05, 4.69) is 30.7 Å². The third kappa shape index (κ3) is 19.8. The molecule has 20 heteroatoms. The van der Waals surface area contributed by atoms with E-state index in [1.807, 2.05) is 60.7 Å². The van der Waals surface area contributed by atoms with Gasteiger partial charge in [0, 0.05) is 50.1 Å². The zero-order valence-corrected chi connectivity index (χ0v) is 45.3. The van der Waals surface area contributed by atoms with Gasteiger partial charge in [0.2, 0.25) is 31.9 Å². The van der Waals surface area contributed by atoms with Crippen molar-refractivity contribution in [2.45, 2.75) is 113 Å². The van der Waals surface area contributed by atoms with Crippen molar-refractivity contribution in [3.8, 4) is 22.3 Å². The van der Waals surface area contributed by atoms with Gasteiger partial charge in [-0.15, -0.1) is 0 Å². The van der Waals surface area contributed by atoms with Crippen LogP contribution < -0.4 is 30.7 Å². The Bertz CT molecular complexity index is 2800. The summed E-state index contributed by atoms with van der Waals surface area (Å²) in [6.45, 7) is 10.1. The quantitative estimate of drug-likeness (QED) is 0.0259. The first-order valence-corrected chi connectivity index (χ1v) is 27.9. The van der Waals surface area contributed by atoms with E-state index >= 15 is 0 Å². The van der Waals surface area contributed by atoms with Crippen LogP contribution in [-0.2, 0) is 48.7 Å². The van der Waals surface area contributed by atoms with Crippen LogP contribution in [0.2, 0.25) is 0 Å². The molecule has 5 aromatic rings. The lowest BCUT2D eigenvalue weighted by Gasteiger charge is -2.24. The maximum absolute atomic E-state index is 13.4. The smallest absolute Gasteiger partial charge is 0.324 e. The molecule has 5 aromatic carbocycles. The molecule has 0 aliphatic carbocycles. The van der Waals surface area contributed by atoms with Crippen LogP contribution >= 0.6 is 0 Å². The fourth-order valence-corrected chi connectivity index (χ4v) is 9.85. The molecule has 0 aliphatic heterocycles. The van der Waals surface area contributed by atoms with E-state index in [0.717, 1.165) is 22.3 Å². The van der Waals surface area contributed by atoms with Gasteiger partial charge in [-0.1, -0.05) is 91.0 Å². The first-order valence-electron chi connectivity index (χ1n) is 24.9. The van der Waals surface area contributed by atoms with Crippen molar-refractivity contribution in [3.05, 3.63) is 145 Å². The van der Waals surface area contributed by atoms with Crippen LogP contribution in [0.4, 0.5) is 0 Å². The summed E-state index contributed by atoms with van der Waals surface area (Å²) in [5.74, 6) is -3.33. The first kappa shape index (κ1) is 59.6. The maximum Gasteiger partial charge on any atom is 0.324 e. The summed E-state index contributed by atoms with van der Waals surface area (Å²) < 4.78 is 69.3. The van der Waals surface area contributed by atoms with Gasteiger partial charge in [-0.25, -0.2) is 16.8 Å². The van der Waals surface area contributed by atoms with Crippen molar-refractivity contribution >= 4 is 55.6 Å². The average Bonchev–Trinajstić information content (AvgIpc) is 3.37. The van der Waals surface area contributed by atoms with Crippen LogP contribution in [0, 0.1) is 0 Å². The second kappa shape index (κ2) is 27.5. The Kier molecular flexibility index (Phi) is 21.6. The van der Waals surface area contributed by atoms with E-state index in [-0.39, 0.29) is 97.4 Å². The minimum absolute atomic E-state index is 0.0109. The minimum Gasteiger partial charge on any atom is -0.459 e. The highest BCUT2D eigenvalue weighted by atomic mass is 32.2. The molecule has 0 bridgehead atoms. The fraction of sp³-hybridized carbons (Fsp3) is 0.357. The lowest BCUT2D eigenvalue weighted by atomic mass is 10.1. The van der Waals surface area contributed by atoms with Crippen LogP contribution in [0.15, 0.2) is 143 Å². The van der Waals surface area contributed by atoms with Crippen molar-refractivity contribution in [3.63, 3.8) is 0 Å². The summed E-state index contributed by atoms with van der Waals surface area (Å²) in [6, 6.07) is 34.8. The Balaban J connectivity index is 1.01. The van der Waals surface area contributed by atoms with Crippen LogP contribution in [-0.4, -0.2) is 102 Å². The number of nitrogens with one attached hydrogen (secondary N) is 6. The van der Waals surface area contributed by atoms with E-state index < -0.39 is 67.1 Å². The molecular formula is C56H68N6O12S2. The molecule has 0 fully saturated rings. The largest absolute Gasteiger partial charge is 0.459 e. The molecule has 0 saturated carbocycles. The van der Waals surface area contributed by atoms with E-state index in [4.69, 9.17) is 9.47 Å². The summed E-state index contributed by atoms with van der Waals surface area (Å²) >= 11 is 0. The molecule has 2 atom stereocenters. The molecule has 0 spiro atoms. The average molecular weight is 1080 g/mol. The number of carbonyl (C=O) groups is 6. The molecule has 0 aliphatic rings. The summed E-state index contributed by atoms with van der Waals surface area (Å²) in [5, 5.41) is 10.8. The van der Waals surface area contributed by atoms with Crippen LogP contribution in [0.5, 0.6) is 0 Å². The fourth-order valence-electron chi connectivity index (χ4n) is 7.42. The molecule has 406 valence electrons. The third-order valence-electron chi connectivity index (χ3n) is 11.2. The Labute approximate surface area is 445 Å². The number of sulfonamides is 2. The summed E-state index contributed by atoms with van der Waals surface area (Å²) in [5.41, 5.74) is 2.05. The molecule has 76 heavy (non-hydrogen) atoms. The van der Waals surface area contributed by atoms with E-state index in [1.54, 1.807) is 71.9 Å². The summed E-state index contributed by atoms with van der Waals surface area (Å²) in [4.78, 5) is 77.6. The monoisotopic (exact) mass is 1080 g/mol. The maximum atomic E-state index is 13.4. The van der Waals surface area contributed by atoms with Gasteiger partial charge >= 0.3 is 11.9 Å². The molecule has 4 amide bonds. The minimum atomic E-state index is -4.16.